The highest BCUT2D eigenvalue weighted by molar-refractivity contribution is 5.27. The van der Waals surface area contributed by atoms with Gasteiger partial charge in [0.1, 0.15) is 0 Å². The second kappa shape index (κ2) is 3.29. The number of nitrogens with two attached hydrogens (primary N) is 1. The molecule has 0 saturated carbocycles. The zero-order valence-electron chi connectivity index (χ0n) is 7.29. The summed E-state index contributed by atoms with van der Waals surface area (Å²) < 4.78 is 1.69. The summed E-state index contributed by atoms with van der Waals surface area (Å²) >= 11 is 0. The number of hydrogen-bond acceptors (Lipinski definition) is 4. The molecule has 0 spiro atoms. The Balaban J connectivity index is 2.52. The summed E-state index contributed by atoms with van der Waals surface area (Å²) in [7, 11) is 0. The molecule has 0 aromatic carbocycles. The van der Waals surface area contributed by atoms with Gasteiger partial charge in [0.15, 0.2) is 0 Å². The average molecular weight is 188 g/mol. The fraction of sp³-hybridized carbons (Fsp3) is 0. The van der Waals surface area contributed by atoms with E-state index in [0.717, 1.165) is 0 Å². The van der Waals surface area contributed by atoms with Crippen molar-refractivity contribution in [1.29, 1.82) is 0 Å². The molecular formula is C9H8N4O. The van der Waals surface area contributed by atoms with Crippen LogP contribution in [0.4, 0.5) is 5.95 Å². The van der Waals surface area contributed by atoms with Crippen molar-refractivity contribution in [3.8, 4) is 11.7 Å². The molecule has 0 aliphatic carbocycles. The van der Waals surface area contributed by atoms with Gasteiger partial charge in [-0.2, -0.15) is 0 Å². The van der Waals surface area contributed by atoms with E-state index < -0.39 is 0 Å². The molecule has 2 heterocycles. The van der Waals surface area contributed by atoms with Gasteiger partial charge >= 0.3 is 11.8 Å². The summed E-state index contributed by atoms with van der Waals surface area (Å²) in [5, 5.41) is 11.0. The highest BCUT2D eigenvalue weighted by Crippen LogP contribution is 2.04. The summed E-state index contributed by atoms with van der Waals surface area (Å²) in [6.07, 6.45) is 3.56. The monoisotopic (exact) mass is 188 g/mol. The smallest absolute Gasteiger partial charge is 0.335 e. The SMILES string of the molecule is Nc1nc([O-])cc(-[n+]2ccccc2)n1. The summed E-state index contributed by atoms with van der Waals surface area (Å²) in [6.45, 7) is 0. The number of aromatic nitrogens is 3. The molecule has 0 radical (unpaired) electrons. The molecule has 0 amide bonds. The van der Waals surface area contributed by atoms with Gasteiger partial charge in [-0.15, -0.1) is 0 Å². The van der Waals surface area contributed by atoms with E-state index in [9.17, 15) is 5.11 Å². The van der Waals surface area contributed by atoms with Crippen LogP contribution in [0.1, 0.15) is 0 Å². The van der Waals surface area contributed by atoms with Crippen molar-refractivity contribution < 1.29 is 9.67 Å². The van der Waals surface area contributed by atoms with Gasteiger partial charge in [-0.1, -0.05) is 6.07 Å². The van der Waals surface area contributed by atoms with E-state index in [4.69, 9.17) is 5.73 Å². The van der Waals surface area contributed by atoms with Gasteiger partial charge in [-0.25, -0.2) is 9.55 Å². The van der Waals surface area contributed by atoms with Crippen LogP contribution in [0.2, 0.25) is 0 Å². The van der Waals surface area contributed by atoms with Crippen LogP contribution in [-0.4, -0.2) is 9.97 Å². The quantitative estimate of drug-likeness (QED) is 0.606. The van der Waals surface area contributed by atoms with E-state index in [0.29, 0.717) is 5.82 Å². The molecule has 0 bridgehead atoms. The maximum Gasteiger partial charge on any atom is 0.335 e. The minimum Gasteiger partial charge on any atom is -0.858 e. The minimum absolute atomic E-state index is 0.0103. The third-order valence-corrected chi connectivity index (χ3v) is 1.69. The molecule has 0 saturated heterocycles. The number of rotatable bonds is 1. The Labute approximate surface area is 80.5 Å². The van der Waals surface area contributed by atoms with Crippen LogP contribution in [-0.2, 0) is 0 Å². The first-order chi connectivity index (χ1) is 6.75. The standard InChI is InChI=1S/C9H8N4O/c10-9-11-7(6-8(14)12-9)13-4-2-1-3-5-13/h1-6H,(H2-,10,11,12,14). The third-order valence-electron chi connectivity index (χ3n) is 1.69. The van der Waals surface area contributed by atoms with Gasteiger partial charge in [0.2, 0.25) is 0 Å². The predicted molar refractivity (Wildman–Crippen MR) is 47.4 cm³/mol. The highest BCUT2D eigenvalue weighted by Gasteiger charge is 2.08. The van der Waals surface area contributed by atoms with Crippen LogP contribution >= 0.6 is 0 Å². The van der Waals surface area contributed by atoms with Crippen LogP contribution in [0.15, 0.2) is 36.7 Å². The van der Waals surface area contributed by atoms with E-state index in [1.165, 1.54) is 6.07 Å². The molecule has 5 heteroatoms. The molecule has 2 N–H and O–H groups in total. The molecule has 0 aliphatic rings. The summed E-state index contributed by atoms with van der Waals surface area (Å²) in [5.41, 5.74) is 5.36. The first kappa shape index (κ1) is 8.43. The first-order valence-electron chi connectivity index (χ1n) is 4.04. The van der Waals surface area contributed by atoms with Gasteiger partial charge in [0, 0.05) is 11.9 Å². The van der Waals surface area contributed by atoms with Crippen molar-refractivity contribution in [3.05, 3.63) is 36.7 Å². The Hall–Kier alpha value is -2.17. The lowest BCUT2D eigenvalue weighted by atomic mass is 10.4. The lowest BCUT2D eigenvalue weighted by Gasteiger charge is -2.02. The largest absolute Gasteiger partial charge is 0.858 e. The molecule has 14 heavy (non-hydrogen) atoms. The van der Waals surface area contributed by atoms with E-state index in [-0.39, 0.29) is 11.8 Å². The lowest BCUT2D eigenvalue weighted by Crippen LogP contribution is -2.31. The van der Waals surface area contributed by atoms with Crippen LogP contribution in [0.5, 0.6) is 5.88 Å². The second-order valence-corrected chi connectivity index (χ2v) is 2.71. The normalized spacial score (nSPS) is 10.0. The summed E-state index contributed by atoms with van der Waals surface area (Å²) in [4.78, 5) is 7.39. The van der Waals surface area contributed by atoms with E-state index in [1.54, 1.807) is 17.0 Å². The van der Waals surface area contributed by atoms with Crippen molar-refractivity contribution in [2.75, 3.05) is 5.73 Å². The van der Waals surface area contributed by atoms with Crippen LogP contribution in [0.25, 0.3) is 5.82 Å². The van der Waals surface area contributed by atoms with Crippen molar-refractivity contribution in [1.82, 2.24) is 9.97 Å². The molecular weight excluding hydrogens is 180 g/mol. The predicted octanol–water partition coefficient (Wildman–Crippen LogP) is -0.591. The van der Waals surface area contributed by atoms with Gasteiger partial charge in [-0.3, -0.25) is 0 Å². The fourth-order valence-electron chi connectivity index (χ4n) is 1.11. The van der Waals surface area contributed by atoms with Crippen LogP contribution < -0.4 is 15.4 Å². The Bertz CT molecular complexity index is 424. The molecule has 0 atom stereocenters. The number of hydrogen-bond donors (Lipinski definition) is 1. The molecule has 0 unspecified atom stereocenters. The fourth-order valence-corrected chi connectivity index (χ4v) is 1.11. The zero-order chi connectivity index (χ0) is 9.97. The van der Waals surface area contributed by atoms with Gasteiger partial charge in [0.05, 0.1) is 12.4 Å². The van der Waals surface area contributed by atoms with Crippen LogP contribution in [0.3, 0.4) is 0 Å². The van der Waals surface area contributed by atoms with Crippen molar-refractivity contribution in [2.24, 2.45) is 0 Å². The number of anilines is 1. The van der Waals surface area contributed by atoms with Crippen molar-refractivity contribution >= 4 is 5.95 Å². The second-order valence-electron chi connectivity index (χ2n) is 2.71. The highest BCUT2D eigenvalue weighted by atomic mass is 16.3. The number of nitrogen functional groups attached to an aromatic ring is 1. The summed E-state index contributed by atoms with van der Waals surface area (Å²) in [6, 6.07) is 6.88. The zero-order valence-corrected chi connectivity index (χ0v) is 7.29. The van der Waals surface area contributed by atoms with Crippen molar-refractivity contribution in [3.63, 3.8) is 0 Å². The Morgan fingerprint density at radius 2 is 1.86 bits per heavy atom. The third kappa shape index (κ3) is 1.61. The Morgan fingerprint density at radius 3 is 2.50 bits per heavy atom. The molecule has 70 valence electrons. The lowest BCUT2D eigenvalue weighted by molar-refractivity contribution is -0.599. The van der Waals surface area contributed by atoms with Gasteiger partial charge in [0.25, 0.3) is 0 Å². The molecule has 5 nitrogen and oxygen atoms in total. The maximum atomic E-state index is 11.0. The number of pyridine rings is 1. The van der Waals surface area contributed by atoms with E-state index in [1.807, 2.05) is 18.2 Å². The Kier molecular flexibility index (Phi) is 1.98. The average Bonchev–Trinajstić information content (AvgIpc) is 2.18. The maximum absolute atomic E-state index is 11.0. The Morgan fingerprint density at radius 1 is 1.14 bits per heavy atom. The number of nitrogens with zero attached hydrogens (tertiary/aromatic N) is 3. The molecule has 2 aromatic rings. The summed E-state index contributed by atoms with van der Waals surface area (Å²) in [5.74, 6) is 0.0795. The molecule has 2 rings (SSSR count). The van der Waals surface area contributed by atoms with Gasteiger partial charge in [-0.05, 0) is 17.1 Å². The van der Waals surface area contributed by atoms with Crippen LogP contribution in [0, 0.1) is 0 Å². The molecule has 0 fully saturated rings. The molecule has 0 aliphatic heterocycles. The van der Waals surface area contributed by atoms with Crippen molar-refractivity contribution in [2.45, 2.75) is 0 Å². The van der Waals surface area contributed by atoms with E-state index >= 15 is 0 Å². The minimum atomic E-state index is -0.385. The van der Waals surface area contributed by atoms with Gasteiger partial charge < -0.3 is 10.8 Å². The topological polar surface area (TPSA) is 78.7 Å². The first-order valence-corrected chi connectivity index (χ1v) is 4.04. The van der Waals surface area contributed by atoms with E-state index in [2.05, 4.69) is 9.97 Å². The molecule has 2 aromatic heterocycles.